The molecule has 0 fully saturated rings. The molecule has 0 unspecified atom stereocenters. The molecule has 0 aliphatic heterocycles. The van der Waals surface area contributed by atoms with E-state index < -0.39 is 0 Å². The summed E-state index contributed by atoms with van der Waals surface area (Å²) in [4.78, 5) is 11.4. The SMILES string of the molecule is Cc1sc2ncn3nc(-c4ccc(Cn5cc(Br)cn5)o4)nc3c2c1C. The number of furan rings is 1. The molecule has 0 radical (unpaired) electrons. The molecule has 130 valence electrons. The van der Waals surface area contributed by atoms with Crippen LogP contribution in [0.3, 0.4) is 0 Å². The quantitative estimate of drug-likeness (QED) is 0.429. The zero-order valence-corrected chi connectivity index (χ0v) is 16.4. The number of fused-ring (bicyclic) bond motifs is 3. The van der Waals surface area contributed by atoms with Gasteiger partial charge in [-0.15, -0.1) is 16.4 Å². The Bertz CT molecular complexity index is 1260. The van der Waals surface area contributed by atoms with Crippen molar-refractivity contribution in [3.63, 3.8) is 0 Å². The van der Waals surface area contributed by atoms with Gasteiger partial charge in [0.05, 0.1) is 22.6 Å². The number of hydrogen-bond acceptors (Lipinski definition) is 6. The summed E-state index contributed by atoms with van der Waals surface area (Å²) in [5.74, 6) is 1.98. The highest BCUT2D eigenvalue weighted by atomic mass is 79.9. The van der Waals surface area contributed by atoms with Gasteiger partial charge < -0.3 is 4.42 Å². The van der Waals surface area contributed by atoms with E-state index in [9.17, 15) is 0 Å². The molecule has 5 heterocycles. The van der Waals surface area contributed by atoms with Gasteiger partial charge >= 0.3 is 0 Å². The summed E-state index contributed by atoms with van der Waals surface area (Å²) in [5, 5.41) is 9.83. The molecule has 9 heteroatoms. The van der Waals surface area contributed by atoms with E-state index in [0.29, 0.717) is 18.1 Å². The zero-order valence-electron chi connectivity index (χ0n) is 14.0. The first-order valence-corrected chi connectivity index (χ1v) is 9.57. The van der Waals surface area contributed by atoms with Gasteiger partial charge in [-0.05, 0) is 47.5 Å². The van der Waals surface area contributed by atoms with Crippen LogP contribution in [0.4, 0.5) is 0 Å². The van der Waals surface area contributed by atoms with Gasteiger partial charge in [-0.25, -0.2) is 14.5 Å². The number of rotatable bonds is 3. The average molecular weight is 429 g/mol. The molecule has 5 rings (SSSR count). The maximum atomic E-state index is 5.93. The second kappa shape index (κ2) is 5.75. The number of halogens is 1. The zero-order chi connectivity index (χ0) is 17.8. The standard InChI is InChI=1S/C17H13BrN6OS/c1-9-10(2)26-17-14(9)16-21-15(22-24(16)8-19-17)13-4-3-12(25-13)7-23-6-11(18)5-20-23/h3-6,8H,7H2,1-2H3. The number of hydrogen-bond donors (Lipinski definition) is 0. The van der Waals surface area contributed by atoms with Gasteiger partial charge in [-0.1, -0.05) is 0 Å². The van der Waals surface area contributed by atoms with Crippen molar-refractivity contribution >= 4 is 43.1 Å². The van der Waals surface area contributed by atoms with Crippen molar-refractivity contribution < 1.29 is 4.42 Å². The van der Waals surface area contributed by atoms with E-state index in [4.69, 9.17) is 9.40 Å². The topological polar surface area (TPSA) is 74.0 Å². The van der Waals surface area contributed by atoms with Gasteiger partial charge in [0.25, 0.3) is 0 Å². The molecule has 0 atom stereocenters. The van der Waals surface area contributed by atoms with Gasteiger partial charge in [-0.3, -0.25) is 4.68 Å². The first-order chi connectivity index (χ1) is 12.6. The van der Waals surface area contributed by atoms with Crippen LogP contribution in [-0.4, -0.2) is 29.4 Å². The van der Waals surface area contributed by atoms with Crippen molar-refractivity contribution in [2.45, 2.75) is 20.4 Å². The van der Waals surface area contributed by atoms with Crippen LogP contribution >= 0.6 is 27.3 Å². The van der Waals surface area contributed by atoms with Crippen LogP contribution < -0.4 is 0 Å². The normalized spacial score (nSPS) is 11.8. The average Bonchev–Trinajstić information content (AvgIpc) is 3.36. The molecule has 0 aliphatic carbocycles. The van der Waals surface area contributed by atoms with E-state index in [1.165, 1.54) is 10.4 Å². The highest BCUT2D eigenvalue weighted by molar-refractivity contribution is 9.10. The Morgan fingerprint density at radius 3 is 2.96 bits per heavy atom. The van der Waals surface area contributed by atoms with Crippen LogP contribution in [0.25, 0.3) is 27.4 Å². The Morgan fingerprint density at radius 1 is 1.27 bits per heavy atom. The summed E-state index contributed by atoms with van der Waals surface area (Å²) in [7, 11) is 0. The van der Waals surface area contributed by atoms with Crippen LogP contribution in [0.15, 0.2) is 39.7 Å². The molecule has 7 nitrogen and oxygen atoms in total. The molecule has 0 bridgehead atoms. The highest BCUT2D eigenvalue weighted by Crippen LogP contribution is 2.31. The van der Waals surface area contributed by atoms with Crippen LogP contribution in [0.2, 0.25) is 0 Å². The molecule has 0 aliphatic rings. The molecular weight excluding hydrogens is 416 g/mol. The summed E-state index contributed by atoms with van der Waals surface area (Å²) in [6, 6.07) is 3.81. The van der Waals surface area contributed by atoms with Crippen molar-refractivity contribution in [1.82, 2.24) is 29.4 Å². The first kappa shape index (κ1) is 15.7. The Labute approximate surface area is 160 Å². The minimum Gasteiger partial charge on any atom is -0.456 e. The van der Waals surface area contributed by atoms with Crippen molar-refractivity contribution in [1.29, 1.82) is 0 Å². The first-order valence-electron chi connectivity index (χ1n) is 7.96. The molecule has 0 aromatic carbocycles. The predicted octanol–water partition coefficient (Wildman–Crippen LogP) is 4.22. The highest BCUT2D eigenvalue weighted by Gasteiger charge is 2.17. The third-order valence-electron chi connectivity index (χ3n) is 4.31. The Hall–Kier alpha value is -2.52. The second-order valence-electron chi connectivity index (χ2n) is 6.03. The molecule has 0 spiro atoms. The third kappa shape index (κ3) is 2.46. The molecule has 5 aromatic rings. The Balaban J connectivity index is 1.56. The Kier molecular flexibility index (Phi) is 3.47. The number of aryl methyl sites for hydroxylation is 2. The summed E-state index contributed by atoms with van der Waals surface area (Å²) < 4.78 is 10.4. The van der Waals surface area contributed by atoms with Gasteiger partial charge in [0.1, 0.15) is 16.9 Å². The van der Waals surface area contributed by atoms with E-state index in [1.54, 1.807) is 33.1 Å². The molecule has 0 saturated carbocycles. The van der Waals surface area contributed by atoms with Crippen molar-refractivity contribution in [3.8, 4) is 11.6 Å². The van der Waals surface area contributed by atoms with E-state index in [-0.39, 0.29) is 0 Å². The van der Waals surface area contributed by atoms with E-state index in [0.717, 1.165) is 26.1 Å². The van der Waals surface area contributed by atoms with Crippen molar-refractivity contribution in [2.24, 2.45) is 0 Å². The van der Waals surface area contributed by atoms with Crippen molar-refractivity contribution in [2.75, 3.05) is 0 Å². The van der Waals surface area contributed by atoms with Gasteiger partial charge in [0, 0.05) is 11.1 Å². The minimum atomic E-state index is 0.549. The third-order valence-corrected chi connectivity index (χ3v) is 5.83. The largest absolute Gasteiger partial charge is 0.456 e. The van der Waals surface area contributed by atoms with Crippen LogP contribution in [-0.2, 0) is 6.54 Å². The molecular formula is C17H13BrN6OS. The molecule has 0 saturated heterocycles. The number of nitrogens with zero attached hydrogens (tertiary/aromatic N) is 6. The van der Waals surface area contributed by atoms with Crippen LogP contribution in [0.5, 0.6) is 0 Å². The van der Waals surface area contributed by atoms with E-state index >= 15 is 0 Å². The summed E-state index contributed by atoms with van der Waals surface area (Å²) in [6.45, 7) is 4.74. The van der Waals surface area contributed by atoms with Crippen molar-refractivity contribution in [3.05, 3.63) is 51.5 Å². The fraction of sp³-hybridized carbons (Fsp3) is 0.176. The summed E-state index contributed by atoms with van der Waals surface area (Å²) >= 11 is 5.07. The fourth-order valence-corrected chi connectivity index (χ4v) is 4.24. The second-order valence-corrected chi connectivity index (χ2v) is 8.15. The molecule has 0 amide bonds. The van der Waals surface area contributed by atoms with Crippen LogP contribution in [0.1, 0.15) is 16.2 Å². The summed E-state index contributed by atoms with van der Waals surface area (Å²) in [6.07, 6.45) is 5.35. The maximum absolute atomic E-state index is 5.93. The van der Waals surface area contributed by atoms with Gasteiger partial charge in [0.2, 0.25) is 5.82 Å². The molecule has 26 heavy (non-hydrogen) atoms. The number of aromatic nitrogens is 6. The van der Waals surface area contributed by atoms with Gasteiger partial charge in [0.15, 0.2) is 11.4 Å². The Morgan fingerprint density at radius 2 is 2.15 bits per heavy atom. The maximum Gasteiger partial charge on any atom is 0.217 e. The predicted molar refractivity (Wildman–Crippen MR) is 102 cm³/mol. The lowest BCUT2D eigenvalue weighted by Crippen LogP contribution is -1.97. The van der Waals surface area contributed by atoms with E-state index in [1.807, 2.05) is 18.3 Å². The van der Waals surface area contributed by atoms with Crippen LogP contribution in [0, 0.1) is 13.8 Å². The fourth-order valence-electron chi connectivity index (χ4n) is 2.92. The summed E-state index contributed by atoms with van der Waals surface area (Å²) in [5.41, 5.74) is 2.01. The minimum absolute atomic E-state index is 0.549. The molecule has 5 aromatic heterocycles. The smallest absolute Gasteiger partial charge is 0.217 e. The van der Waals surface area contributed by atoms with Gasteiger partial charge in [-0.2, -0.15) is 5.10 Å². The monoisotopic (exact) mass is 428 g/mol. The molecule has 0 N–H and O–H groups in total. The number of thiophene rings is 1. The lowest BCUT2D eigenvalue weighted by atomic mass is 10.2. The lowest BCUT2D eigenvalue weighted by molar-refractivity contribution is 0.487. The lowest BCUT2D eigenvalue weighted by Gasteiger charge is -1.96. The van der Waals surface area contributed by atoms with E-state index in [2.05, 4.69) is 45.0 Å².